The highest BCUT2D eigenvalue weighted by Crippen LogP contribution is 2.26. The molecule has 1 aromatic rings. The van der Waals surface area contributed by atoms with Crippen LogP contribution in [0.4, 0.5) is 0 Å². The van der Waals surface area contributed by atoms with Crippen LogP contribution in [0.25, 0.3) is 0 Å². The van der Waals surface area contributed by atoms with E-state index in [9.17, 15) is 9.59 Å². The number of hydrogen-bond acceptors (Lipinski definition) is 4. The smallest absolute Gasteiger partial charge is 0.241 e. The first-order valence-electron chi connectivity index (χ1n) is 8.88. The number of carbonyl (C=O) groups excluding carboxylic acids is 2. The van der Waals surface area contributed by atoms with Gasteiger partial charge in [-0.05, 0) is 33.1 Å². The van der Waals surface area contributed by atoms with E-state index in [-0.39, 0.29) is 30.2 Å². The van der Waals surface area contributed by atoms with Crippen molar-refractivity contribution in [2.75, 3.05) is 19.6 Å². The lowest BCUT2D eigenvalue weighted by Crippen LogP contribution is -2.45. The van der Waals surface area contributed by atoms with Gasteiger partial charge in [0, 0.05) is 31.0 Å². The van der Waals surface area contributed by atoms with Gasteiger partial charge in [-0.3, -0.25) is 9.59 Å². The molecule has 0 aliphatic carbocycles. The molecule has 0 aromatic carbocycles. The summed E-state index contributed by atoms with van der Waals surface area (Å²) in [6.45, 7) is 9.49. The molecule has 1 aliphatic rings. The summed E-state index contributed by atoms with van der Waals surface area (Å²) in [5.41, 5.74) is 0. The van der Waals surface area contributed by atoms with Gasteiger partial charge in [0.25, 0.3) is 0 Å². The van der Waals surface area contributed by atoms with Crippen LogP contribution >= 0.6 is 0 Å². The molecule has 1 saturated heterocycles. The summed E-state index contributed by atoms with van der Waals surface area (Å²) in [6, 6.07) is 0.302. The second-order valence-electron chi connectivity index (χ2n) is 6.90. The summed E-state index contributed by atoms with van der Waals surface area (Å²) in [4.78, 5) is 26.1. The van der Waals surface area contributed by atoms with Crippen molar-refractivity contribution in [2.24, 2.45) is 5.92 Å². The van der Waals surface area contributed by atoms with Gasteiger partial charge in [0.05, 0.1) is 6.54 Å². The van der Waals surface area contributed by atoms with E-state index < -0.39 is 0 Å². The topological polar surface area (TPSA) is 80.1 Å². The van der Waals surface area contributed by atoms with Crippen LogP contribution in [0, 0.1) is 5.92 Å². The largest absolute Gasteiger partial charge is 0.347 e. The zero-order valence-corrected chi connectivity index (χ0v) is 15.2. The molecule has 0 saturated carbocycles. The van der Waals surface area contributed by atoms with Crippen LogP contribution in [0.5, 0.6) is 0 Å². The Kier molecular flexibility index (Phi) is 6.34. The first-order chi connectivity index (χ1) is 11.4. The van der Waals surface area contributed by atoms with E-state index in [1.807, 2.05) is 18.7 Å². The van der Waals surface area contributed by atoms with Crippen molar-refractivity contribution in [3.05, 3.63) is 12.2 Å². The molecule has 2 unspecified atom stereocenters. The Morgan fingerprint density at radius 3 is 2.79 bits per heavy atom. The van der Waals surface area contributed by atoms with Crippen LogP contribution < -0.4 is 5.32 Å². The van der Waals surface area contributed by atoms with E-state index >= 15 is 0 Å². The van der Waals surface area contributed by atoms with Crippen molar-refractivity contribution in [3.8, 4) is 0 Å². The molecular weight excluding hydrogens is 306 g/mol. The van der Waals surface area contributed by atoms with Gasteiger partial charge in [0.2, 0.25) is 11.8 Å². The van der Waals surface area contributed by atoms with Crippen LogP contribution in [0.15, 0.2) is 6.33 Å². The third-order valence-electron chi connectivity index (χ3n) is 4.77. The van der Waals surface area contributed by atoms with Crippen molar-refractivity contribution in [2.45, 2.75) is 58.9 Å². The molecule has 24 heavy (non-hydrogen) atoms. The van der Waals surface area contributed by atoms with Crippen molar-refractivity contribution >= 4 is 11.8 Å². The number of amides is 2. The van der Waals surface area contributed by atoms with Gasteiger partial charge in [0.1, 0.15) is 12.2 Å². The molecule has 2 heterocycles. The monoisotopic (exact) mass is 335 g/mol. The van der Waals surface area contributed by atoms with E-state index in [1.165, 1.54) is 0 Å². The minimum atomic E-state index is -0.0588. The molecule has 2 atom stereocenters. The summed E-state index contributed by atoms with van der Waals surface area (Å²) in [5.74, 6) is 1.02. The fourth-order valence-corrected chi connectivity index (χ4v) is 2.99. The minimum absolute atomic E-state index is 0.0213. The van der Waals surface area contributed by atoms with Gasteiger partial charge < -0.3 is 14.8 Å². The number of nitrogens with one attached hydrogen (secondary N) is 1. The molecule has 0 bridgehead atoms. The lowest BCUT2D eigenvalue weighted by atomic mass is 9.96. The van der Waals surface area contributed by atoms with Crippen molar-refractivity contribution in [1.82, 2.24) is 25.0 Å². The molecule has 2 rings (SSSR count). The Labute approximate surface area is 143 Å². The maximum absolute atomic E-state index is 12.4. The SMILES string of the molecule is CCC(C)C(=O)NCC(=O)N1CCCC(c2nncn2C(C)C)C1. The number of aromatic nitrogens is 3. The number of nitrogens with zero attached hydrogens (tertiary/aromatic N) is 4. The van der Waals surface area contributed by atoms with E-state index in [4.69, 9.17) is 0 Å². The van der Waals surface area contributed by atoms with Gasteiger partial charge in [-0.25, -0.2) is 0 Å². The van der Waals surface area contributed by atoms with Crippen molar-refractivity contribution < 1.29 is 9.59 Å². The highest BCUT2D eigenvalue weighted by molar-refractivity contribution is 5.85. The van der Waals surface area contributed by atoms with E-state index in [2.05, 4.69) is 33.9 Å². The molecule has 1 fully saturated rings. The first kappa shape index (κ1) is 18.4. The predicted molar refractivity (Wildman–Crippen MR) is 91.4 cm³/mol. The first-order valence-corrected chi connectivity index (χ1v) is 8.88. The summed E-state index contributed by atoms with van der Waals surface area (Å²) in [6.07, 6.45) is 4.49. The summed E-state index contributed by atoms with van der Waals surface area (Å²) < 4.78 is 2.07. The van der Waals surface area contributed by atoms with Crippen molar-refractivity contribution in [3.63, 3.8) is 0 Å². The van der Waals surface area contributed by atoms with Gasteiger partial charge in [0.15, 0.2) is 0 Å². The van der Waals surface area contributed by atoms with Gasteiger partial charge in [-0.1, -0.05) is 13.8 Å². The van der Waals surface area contributed by atoms with Crippen LogP contribution in [-0.4, -0.2) is 51.1 Å². The third kappa shape index (κ3) is 4.33. The fourth-order valence-electron chi connectivity index (χ4n) is 2.99. The molecule has 1 aromatic heterocycles. The zero-order chi connectivity index (χ0) is 17.7. The standard InChI is InChI=1S/C17H29N5O2/c1-5-13(4)17(24)18-9-15(23)21-8-6-7-14(10-21)16-20-19-11-22(16)12(2)3/h11-14H,5-10H2,1-4H3,(H,18,24). The van der Waals surface area contributed by atoms with Crippen LogP contribution in [0.2, 0.25) is 0 Å². The van der Waals surface area contributed by atoms with Crippen molar-refractivity contribution in [1.29, 1.82) is 0 Å². The number of rotatable bonds is 6. The highest BCUT2D eigenvalue weighted by atomic mass is 16.2. The highest BCUT2D eigenvalue weighted by Gasteiger charge is 2.28. The van der Waals surface area contributed by atoms with Crippen LogP contribution in [0.1, 0.15) is 64.7 Å². The summed E-state index contributed by atoms with van der Waals surface area (Å²) >= 11 is 0. The number of piperidine rings is 1. The fraction of sp³-hybridized carbons (Fsp3) is 0.765. The maximum atomic E-state index is 12.4. The second kappa shape index (κ2) is 8.26. The molecule has 0 spiro atoms. The third-order valence-corrected chi connectivity index (χ3v) is 4.77. The number of likely N-dealkylation sites (tertiary alicyclic amines) is 1. The molecule has 134 valence electrons. The lowest BCUT2D eigenvalue weighted by Gasteiger charge is -2.33. The van der Waals surface area contributed by atoms with Gasteiger partial charge in [-0.2, -0.15) is 0 Å². The summed E-state index contributed by atoms with van der Waals surface area (Å²) in [5, 5.41) is 11.0. The van der Waals surface area contributed by atoms with Crippen LogP contribution in [0.3, 0.4) is 0 Å². The Morgan fingerprint density at radius 2 is 2.12 bits per heavy atom. The average molecular weight is 335 g/mol. The Bertz CT molecular complexity index is 569. The van der Waals surface area contributed by atoms with E-state index in [0.29, 0.717) is 12.6 Å². The molecule has 1 aliphatic heterocycles. The van der Waals surface area contributed by atoms with E-state index in [0.717, 1.165) is 31.6 Å². The maximum Gasteiger partial charge on any atom is 0.241 e. The molecule has 1 N–H and O–H groups in total. The number of carbonyl (C=O) groups is 2. The molecule has 7 nitrogen and oxygen atoms in total. The molecule has 7 heteroatoms. The molecule has 0 radical (unpaired) electrons. The number of hydrogen-bond donors (Lipinski definition) is 1. The minimum Gasteiger partial charge on any atom is -0.347 e. The predicted octanol–water partition coefficient (Wildman–Crippen LogP) is 1.73. The molecular formula is C17H29N5O2. The average Bonchev–Trinajstić information content (AvgIpc) is 3.08. The Balaban J connectivity index is 1.94. The van der Waals surface area contributed by atoms with E-state index in [1.54, 1.807) is 6.33 Å². The normalized spacial score (nSPS) is 19.4. The summed E-state index contributed by atoms with van der Waals surface area (Å²) in [7, 11) is 0. The quantitative estimate of drug-likeness (QED) is 0.858. The van der Waals surface area contributed by atoms with Crippen LogP contribution in [-0.2, 0) is 9.59 Å². The van der Waals surface area contributed by atoms with Gasteiger partial charge >= 0.3 is 0 Å². The lowest BCUT2D eigenvalue weighted by molar-refractivity contribution is -0.134. The van der Waals surface area contributed by atoms with Gasteiger partial charge in [-0.15, -0.1) is 10.2 Å². The molecule has 2 amide bonds. The zero-order valence-electron chi connectivity index (χ0n) is 15.2. The Hall–Kier alpha value is -1.92. The Morgan fingerprint density at radius 1 is 1.38 bits per heavy atom. The second-order valence-corrected chi connectivity index (χ2v) is 6.90.